The average Bonchev–Trinajstić information content (AvgIpc) is 2.98. The molecule has 1 aromatic rings. The van der Waals surface area contributed by atoms with Gasteiger partial charge in [0.2, 0.25) is 0 Å². The first-order valence-corrected chi connectivity index (χ1v) is 9.78. The van der Waals surface area contributed by atoms with Gasteiger partial charge < -0.3 is 19.5 Å². The maximum Gasteiger partial charge on any atom is 0.432 e. The molecule has 4 atom stereocenters. The van der Waals surface area contributed by atoms with E-state index in [4.69, 9.17) is 9.47 Å². The highest BCUT2D eigenvalue weighted by Crippen LogP contribution is 2.43. The molecule has 0 radical (unpaired) electrons. The zero-order chi connectivity index (χ0) is 23.4. The van der Waals surface area contributed by atoms with E-state index in [1.54, 1.807) is 20.8 Å². The summed E-state index contributed by atoms with van der Waals surface area (Å²) in [4.78, 5) is 24.4. The van der Waals surface area contributed by atoms with Crippen molar-refractivity contribution >= 4 is 12.1 Å². The molecule has 1 saturated carbocycles. The molecule has 1 aliphatic rings. The zero-order valence-corrected chi connectivity index (χ0v) is 17.8. The minimum atomic E-state index is -5.08. The minimum Gasteiger partial charge on any atom is -0.463 e. The Balaban J connectivity index is 2.04. The van der Waals surface area contributed by atoms with E-state index in [1.165, 1.54) is 18.2 Å². The number of rotatable bonds is 6. The van der Waals surface area contributed by atoms with Crippen LogP contribution in [0.2, 0.25) is 0 Å². The fourth-order valence-electron chi connectivity index (χ4n) is 3.51. The van der Waals surface area contributed by atoms with Gasteiger partial charge in [0, 0.05) is 12.7 Å². The molecule has 10 heteroatoms. The van der Waals surface area contributed by atoms with Crippen LogP contribution in [0.4, 0.5) is 22.4 Å². The van der Waals surface area contributed by atoms with Crippen molar-refractivity contribution < 1.29 is 41.4 Å². The first kappa shape index (κ1) is 24.9. The van der Waals surface area contributed by atoms with Gasteiger partial charge in [0.15, 0.2) is 0 Å². The molecule has 174 valence electrons. The predicted octanol–water partition coefficient (Wildman–Crippen LogP) is 4.28. The third-order valence-corrected chi connectivity index (χ3v) is 4.91. The smallest absolute Gasteiger partial charge is 0.432 e. The molecule has 31 heavy (non-hydrogen) atoms. The highest BCUT2D eigenvalue weighted by Gasteiger charge is 2.64. The fraction of sp³-hybridized carbons (Fsp3) is 0.619. The Bertz CT molecular complexity index is 765. The van der Waals surface area contributed by atoms with Crippen molar-refractivity contribution in [2.45, 2.75) is 63.2 Å². The summed E-state index contributed by atoms with van der Waals surface area (Å²) in [7, 11) is 0.774. The van der Waals surface area contributed by atoms with Crippen LogP contribution in [0.1, 0.15) is 39.2 Å². The average molecular weight is 449 g/mol. The third-order valence-electron chi connectivity index (χ3n) is 4.91. The Morgan fingerprint density at radius 3 is 2.23 bits per heavy atom. The van der Waals surface area contributed by atoms with Gasteiger partial charge in [0.1, 0.15) is 11.8 Å². The molecule has 6 nitrogen and oxygen atoms in total. The Morgan fingerprint density at radius 1 is 1.10 bits per heavy atom. The van der Waals surface area contributed by atoms with Gasteiger partial charge in [-0.2, -0.15) is 13.2 Å². The fourth-order valence-corrected chi connectivity index (χ4v) is 3.51. The lowest BCUT2D eigenvalue weighted by Gasteiger charge is -2.32. The molecule has 0 spiro atoms. The van der Waals surface area contributed by atoms with Crippen molar-refractivity contribution in [3.63, 3.8) is 0 Å². The van der Waals surface area contributed by atoms with E-state index in [0.29, 0.717) is 0 Å². The number of amides is 1. The van der Waals surface area contributed by atoms with Crippen LogP contribution >= 0.6 is 0 Å². The number of carbonyl (C=O) groups is 2. The lowest BCUT2D eigenvalue weighted by atomic mass is 9.92. The van der Waals surface area contributed by atoms with Gasteiger partial charge in [-0.3, -0.25) is 0 Å². The molecule has 0 unspecified atom stereocenters. The highest BCUT2D eigenvalue weighted by atomic mass is 19.4. The number of hydrogen-bond donors (Lipinski definition) is 1. The largest absolute Gasteiger partial charge is 0.463 e. The third kappa shape index (κ3) is 5.87. The van der Waals surface area contributed by atoms with E-state index in [1.807, 2.05) is 0 Å². The van der Waals surface area contributed by atoms with Crippen LogP contribution in [-0.2, 0) is 24.6 Å². The Morgan fingerprint density at radius 2 is 1.71 bits per heavy atom. The van der Waals surface area contributed by atoms with Gasteiger partial charge in [-0.15, -0.1) is 0 Å². The summed E-state index contributed by atoms with van der Waals surface area (Å²) in [5.41, 5.74) is -4.48. The highest BCUT2D eigenvalue weighted by molar-refractivity contribution is 5.82. The molecule has 0 saturated heterocycles. The number of methoxy groups -OCH3 is 1. The van der Waals surface area contributed by atoms with Crippen molar-refractivity contribution in [2.24, 2.45) is 5.92 Å². The molecular formula is C21H27F4NO5. The van der Waals surface area contributed by atoms with E-state index < -0.39 is 59.7 Å². The molecule has 1 N–H and O–H groups in total. The number of hydrogen-bond acceptors (Lipinski definition) is 5. The van der Waals surface area contributed by atoms with Gasteiger partial charge >= 0.3 is 18.2 Å². The lowest BCUT2D eigenvalue weighted by Crippen LogP contribution is -2.52. The summed E-state index contributed by atoms with van der Waals surface area (Å²) in [5.74, 6) is -2.20. The summed E-state index contributed by atoms with van der Waals surface area (Å²) < 4.78 is 70.6. The van der Waals surface area contributed by atoms with Gasteiger partial charge in [-0.25, -0.2) is 14.0 Å². The molecule has 1 aliphatic carbocycles. The maximum atomic E-state index is 14.3. The number of benzene rings is 1. The van der Waals surface area contributed by atoms with Gasteiger partial charge in [-0.1, -0.05) is 30.3 Å². The summed E-state index contributed by atoms with van der Waals surface area (Å²) in [5, 5.41) is 2.41. The lowest BCUT2D eigenvalue weighted by molar-refractivity contribution is -0.276. The van der Waals surface area contributed by atoms with Crippen molar-refractivity contribution in [3.05, 3.63) is 35.9 Å². The Kier molecular flexibility index (Phi) is 7.57. The van der Waals surface area contributed by atoms with Crippen LogP contribution in [-0.4, -0.2) is 49.8 Å². The van der Waals surface area contributed by atoms with E-state index >= 15 is 0 Å². The second-order valence-corrected chi connectivity index (χ2v) is 8.45. The number of esters is 1. The molecular weight excluding hydrogens is 422 g/mol. The molecule has 1 fully saturated rings. The van der Waals surface area contributed by atoms with Crippen molar-refractivity contribution in [1.82, 2.24) is 5.32 Å². The van der Waals surface area contributed by atoms with Crippen LogP contribution in [0.25, 0.3) is 0 Å². The Labute approximate surface area is 178 Å². The maximum absolute atomic E-state index is 14.3. The second-order valence-electron chi connectivity index (χ2n) is 8.45. The number of carbonyl (C=O) groups excluding carboxylic acids is 2. The SMILES string of the molecule is CO[C@@](C(=O)OC[C@@H]1C[C@@H](F)[C@H](NC(=O)OC(C)(C)C)C1)(c1ccccc1)C(F)(F)F. The molecule has 1 aromatic carbocycles. The van der Waals surface area contributed by atoms with Gasteiger partial charge in [0.25, 0.3) is 5.60 Å². The number of alkyl halides is 4. The molecule has 0 bridgehead atoms. The molecule has 2 rings (SSSR count). The van der Waals surface area contributed by atoms with Crippen LogP contribution in [0, 0.1) is 5.92 Å². The van der Waals surface area contributed by atoms with Crippen molar-refractivity contribution in [2.75, 3.05) is 13.7 Å². The van der Waals surface area contributed by atoms with Crippen molar-refractivity contribution in [1.29, 1.82) is 0 Å². The summed E-state index contributed by atoms with van der Waals surface area (Å²) in [6.07, 6.45) is -7.31. The van der Waals surface area contributed by atoms with Gasteiger partial charge in [-0.05, 0) is 39.5 Å². The topological polar surface area (TPSA) is 73.9 Å². The first-order valence-electron chi connectivity index (χ1n) is 9.78. The van der Waals surface area contributed by atoms with E-state index in [0.717, 1.165) is 19.2 Å². The standard InChI is InChI=1S/C21H27F4NO5/c1-19(2,3)31-18(28)26-16-11-13(10-15(16)22)12-30-17(27)20(29-4,21(23,24)25)14-8-6-5-7-9-14/h5-9,13,15-16H,10-12H2,1-4H3,(H,26,28)/t13-,15-,16-,20-/m1/s1. The molecule has 0 aliphatic heterocycles. The Hall–Kier alpha value is -2.36. The van der Waals surface area contributed by atoms with E-state index in [2.05, 4.69) is 10.1 Å². The van der Waals surface area contributed by atoms with Crippen LogP contribution in [0.3, 0.4) is 0 Å². The van der Waals surface area contributed by atoms with Crippen molar-refractivity contribution in [3.8, 4) is 0 Å². The quantitative estimate of drug-likeness (QED) is 0.519. The number of ether oxygens (including phenoxy) is 3. The minimum absolute atomic E-state index is 0.0783. The van der Waals surface area contributed by atoms with E-state index in [9.17, 15) is 27.2 Å². The number of nitrogens with one attached hydrogen (secondary N) is 1. The molecule has 0 aromatic heterocycles. The second kappa shape index (κ2) is 9.42. The summed E-state index contributed by atoms with van der Waals surface area (Å²) in [6, 6.07) is 5.55. The zero-order valence-electron chi connectivity index (χ0n) is 17.8. The number of halogens is 4. The molecule has 0 heterocycles. The van der Waals surface area contributed by atoms with Crippen LogP contribution in [0.5, 0.6) is 0 Å². The van der Waals surface area contributed by atoms with Crippen LogP contribution < -0.4 is 5.32 Å². The predicted molar refractivity (Wildman–Crippen MR) is 103 cm³/mol. The van der Waals surface area contributed by atoms with E-state index in [-0.39, 0.29) is 12.8 Å². The first-order chi connectivity index (χ1) is 14.3. The molecule has 1 amide bonds. The van der Waals surface area contributed by atoms with Gasteiger partial charge in [0.05, 0.1) is 12.6 Å². The normalized spacial score (nSPS) is 23.7. The number of alkyl carbamates (subject to hydrolysis) is 1. The summed E-state index contributed by atoms with van der Waals surface area (Å²) in [6.45, 7) is 4.53. The monoisotopic (exact) mass is 449 g/mol. The summed E-state index contributed by atoms with van der Waals surface area (Å²) >= 11 is 0. The van der Waals surface area contributed by atoms with Crippen LogP contribution in [0.15, 0.2) is 30.3 Å².